The number of benzene rings is 1. The first-order valence-corrected chi connectivity index (χ1v) is 12.4. The van der Waals surface area contributed by atoms with Crippen molar-refractivity contribution in [2.45, 2.75) is 65.0 Å². The van der Waals surface area contributed by atoms with Gasteiger partial charge in [0.25, 0.3) is 5.88 Å². The lowest BCUT2D eigenvalue weighted by Gasteiger charge is -2.66. The van der Waals surface area contributed by atoms with Gasteiger partial charge < -0.3 is 14.6 Å². The molecule has 0 radical (unpaired) electrons. The Bertz CT molecular complexity index is 1580. The molecule has 0 amide bonds. The average Bonchev–Trinajstić information content (AvgIpc) is 3.54. The molecular formula is C28H26N8O. The molecule has 2 heterocycles. The van der Waals surface area contributed by atoms with Gasteiger partial charge in [0.15, 0.2) is 11.2 Å². The molecule has 0 atom stereocenters. The zero-order valence-corrected chi connectivity index (χ0v) is 21.1. The molecule has 4 fully saturated rings. The summed E-state index contributed by atoms with van der Waals surface area (Å²) in [6, 6.07) is 10.8. The van der Waals surface area contributed by atoms with E-state index in [-0.39, 0.29) is 16.4 Å². The van der Waals surface area contributed by atoms with Crippen LogP contribution in [0.3, 0.4) is 0 Å². The van der Waals surface area contributed by atoms with E-state index in [9.17, 15) is 10.5 Å². The highest BCUT2D eigenvalue weighted by molar-refractivity contribution is 5.79. The zero-order valence-electron chi connectivity index (χ0n) is 21.1. The van der Waals surface area contributed by atoms with Crippen LogP contribution in [0, 0.1) is 65.6 Å². The second-order valence-corrected chi connectivity index (χ2v) is 11.0. The fourth-order valence-electron chi connectivity index (χ4n) is 5.91. The third kappa shape index (κ3) is 3.69. The molecule has 0 saturated heterocycles. The van der Waals surface area contributed by atoms with E-state index in [1.165, 1.54) is 6.08 Å². The quantitative estimate of drug-likeness (QED) is 0.444. The van der Waals surface area contributed by atoms with Gasteiger partial charge in [-0.3, -0.25) is 0 Å². The smallest absolute Gasteiger partial charge is 0.252 e. The van der Waals surface area contributed by atoms with Crippen molar-refractivity contribution in [1.29, 1.82) is 15.8 Å². The van der Waals surface area contributed by atoms with Crippen LogP contribution in [0.15, 0.2) is 18.2 Å². The van der Waals surface area contributed by atoms with E-state index < -0.39 is 0 Å². The summed E-state index contributed by atoms with van der Waals surface area (Å²) in [6.07, 6.45) is 7.32. The summed E-state index contributed by atoms with van der Waals surface area (Å²) in [5.74, 6) is 2.23. The van der Waals surface area contributed by atoms with E-state index in [1.54, 1.807) is 6.08 Å². The van der Waals surface area contributed by atoms with Crippen molar-refractivity contribution in [3.63, 3.8) is 0 Å². The maximum atomic E-state index is 9.70. The molecule has 0 spiro atoms. The fraction of sp³-hybridized carbons (Fsp3) is 0.429. The third-order valence-corrected chi connectivity index (χ3v) is 7.98. The molecule has 2 bridgehead atoms. The molecule has 9 heteroatoms. The number of nitrogens with zero attached hydrogens (tertiary/aromatic N) is 7. The summed E-state index contributed by atoms with van der Waals surface area (Å²) >= 11 is 0. The minimum atomic E-state index is -0.370. The molecule has 0 aliphatic heterocycles. The van der Waals surface area contributed by atoms with Crippen molar-refractivity contribution in [2.75, 3.05) is 5.32 Å². The van der Waals surface area contributed by atoms with Crippen LogP contribution in [0.25, 0.3) is 17.2 Å². The van der Waals surface area contributed by atoms with Crippen LogP contribution in [0.2, 0.25) is 0 Å². The topological polar surface area (TPSA) is 136 Å². The van der Waals surface area contributed by atoms with Crippen LogP contribution < -0.4 is 10.1 Å². The van der Waals surface area contributed by atoms with E-state index in [4.69, 9.17) is 25.0 Å². The van der Waals surface area contributed by atoms with Crippen LogP contribution in [0.1, 0.15) is 54.6 Å². The summed E-state index contributed by atoms with van der Waals surface area (Å²) in [5.41, 5.74) is 3.21. The number of nitrogens with one attached hydrogen (secondary N) is 1. The maximum absolute atomic E-state index is 9.70. The van der Waals surface area contributed by atoms with Crippen molar-refractivity contribution in [2.24, 2.45) is 10.8 Å². The molecule has 184 valence electrons. The maximum Gasteiger partial charge on any atom is 0.252 e. The lowest BCUT2D eigenvalue weighted by molar-refractivity contribution is -0.0665. The Labute approximate surface area is 215 Å². The summed E-state index contributed by atoms with van der Waals surface area (Å²) < 4.78 is 8.44. The summed E-state index contributed by atoms with van der Waals surface area (Å²) in [7, 11) is 0. The number of rotatable bonds is 7. The number of ether oxygens (including phenoxy) is 1. The van der Waals surface area contributed by atoms with Crippen molar-refractivity contribution in [3.8, 4) is 29.8 Å². The lowest BCUT2D eigenvalue weighted by atomic mass is 9.40. The number of hydrogen-bond donors (Lipinski definition) is 1. The summed E-state index contributed by atoms with van der Waals surface area (Å²) in [5, 5.41) is 31.5. The SMILES string of the molecule is Cc1cc(/C=C/C#N)cc(C)c1Oc1nc(NC23CC(C#N)(C2)C3)nc2c1nc(C)n2CC1(C#N)CC1. The molecule has 2 aromatic heterocycles. The number of fused-ring (bicyclic) bond motifs is 1. The Hall–Kier alpha value is -4.42. The molecule has 9 nitrogen and oxygen atoms in total. The Balaban J connectivity index is 1.41. The molecule has 3 aromatic rings. The van der Waals surface area contributed by atoms with Gasteiger partial charge >= 0.3 is 0 Å². The monoisotopic (exact) mass is 490 g/mol. The predicted octanol–water partition coefficient (Wildman–Crippen LogP) is 5.24. The Morgan fingerprint density at radius 3 is 2.32 bits per heavy atom. The molecule has 4 aliphatic rings. The Morgan fingerprint density at radius 2 is 1.73 bits per heavy atom. The first-order chi connectivity index (χ1) is 17.7. The minimum absolute atomic E-state index is 0.147. The van der Waals surface area contributed by atoms with E-state index in [0.717, 1.165) is 54.6 Å². The molecule has 0 unspecified atom stereocenters. The van der Waals surface area contributed by atoms with Crippen molar-refractivity contribution >= 4 is 23.2 Å². The van der Waals surface area contributed by atoms with Crippen LogP contribution in [-0.4, -0.2) is 25.1 Å². The second kappa shape index (κ2) is 7.79. The molecule has 4 saturated carbocycles. The van der Waals surface area contributed by atoms with Gasteiger partial charge in [-0.1, -0.05) is 0 Å². The van der Waals surface area contributed by atoms with Crippen molar-refractivity contribution in [3.05, 3.63) is 40.7 Å². The van der Waals surface area contributed by atoms with Gasteiger partial charge in [-0.05, 0) is 87.8 Å². The lowest BCUT2D eigenvalue weighted by Crippen LogP contribution is -2.70. The van der Waals surface area contributed by atoms with Gasteiger partial charge in [-0.15, -0.1) is 0 Å². The highest BCUT2D eigenvalue weighted by atomic mass is 16.5. The molecular weight excluding hydrogens is 464 g/mol. The van der Waals surface area contributed by atoms with Gasteiger partial charge in [0.2, 0.25) is 5.95 Å². The first-order valence-electron chi connectivity index (χ1n) is 12.4. The van der Waals surface area contributed by atoms with Gasteiger partial charge in [-0.2, -0.15) is 25.8 Å². The standard InChI is InChI=1S/C28H26N8O/c1-17-9-20(5-4-8-29)10-18(2)22(17)37-24-21-23(36(19(3)32-21)16-26(14-30)6-7-26)33-25(34-24)35-28-11-27(12-28,13-28)15-31/h4-5,9-10H,6-7,11-13,16H2,1-3H3,(H,33,34,35)/b5-4+. The van der Waals surface area contributed by atoms with Crippen LogP contribution in [0.5, 0.6) is 11.6 Å². The Morgan fingerprint density at radius 1 is 1.03 bits per heavy atom. The molecule has 1 aromatic carbocycles. The van der Waals surface area contributed by atoms with Gasteiger partial charge in [0.1, 0.15) is 11.6 Å². The van der Waals surface area contributed by atoms with E-state index in [2.05, 4.69) is 17.5 Å². The number of imidazole rings is 1. The average molecular weight is 491 g/mol. The highest BCUT2D eigenvalue weighted by Gasteiger charge is 2.69. The van der Waals surface area contributed by atoms with Gasteiger partial charge in [0, 0.05) is 18.2 Å². The Kier molecular flexibility index (Phi) is 4.84. The fourth-order valence-corrected chi connectivity index (χ4v) is 5.91. The number of aromatic nitrogens is 4. The van der Waals surface area contributed by atoms with Crippen LogP contribution in [0.4, 0.5) is 5.95 Å². The largest absolute Gasteiger partial charge is 0.436 e. The second-order valence-electron chi connectivity index (χ2n) is 11.0. The molecule has 1 N–H and O–H groups in total. The van der Waals surface area contributed by atoms with Gasteiger partial charge in [-0.25, -0.2) is 4.98 Å². The number of nitriles is 3. The predicted molar refractivity (Wildman–Crippen MR) is 136 cm³/mol. The van der Waals surface area contributed by atoms with E-state index in [0.29, 0.717) is 35.3 Å². The highest BCUT2D eigenvalue weighted by Crippen LogP contribution is 2.67. The van der Waals surface area contributed by atoms with Crippen molar-refractivity contribution < 1.29 is 4.74 Å². The molecule has 4 aliphatic carbocycles. The normalized spacial score (nSPS) is 24.4. The number of allylic oxidation sites excluding steroid dienone is 1. The number of aryl methyl sites for hydroxylation is 3. The minimum Gasteiger partial charge on any atom is -0.436 e. The summed E-state index contributed by atoms with van der Waals surface area (Å²) in [6.45, 7) is 6.36. The summed E-state index contributed by atoms with van der Waals surface area (Å²) in [4.78, 5) is 14.4. The van der Waals surface area contributed by atoms with Crippen LogP contribution in [-0.2, 0) is 6.54 Å². The third-order valence-electron chi connectivity index (χ3n) is 7.98. The number of anilines is 1. The van der Waals surface area contributed by atoms with E-state index >= 15 is 0 Å². The van der Waals surface area contributed by atoms with Crippen molar-refractivity contribution in [1.82, 2.24) is 19.5 Å². The molecule has 7 rings (SSSR count). The molecule has 37 heavy (non-hydrogen) atoms. The van der Waals surface area contributed by atoms with Crippen LogP contribution >= 0.6 is 0 Å². The number of hydrogen-bond acceptors (Lipinski definition) is 8. The zero-order chi connectivity index (χ0) is 26.0. The van der Waals surface area contributed by atoms with Gasteiger partial charge in [0.05, 0.1) is 29.0 Å². The van der Waals surface area contributed by atoms with E-state index in [1.807, 2.05) is 43.5 Å². The first kappa shape index (κ1) is 23.0.